The third-order valence-electron chi connectivity index (χ3n) is 4.68. The van der Waals surface area contributed by atoms with E-state index in [1.54, 1.807) is 25.1 Å². The smallest absolute Gasteiger partial charge is 0.243 e. The minimum absolute atomic E-state index is 0.0504. The number of benzene rings is 1. The second-order valence-corrected chi connectivity index (χ2v) is 8.37. The Bertz CT molecular complexity index is 767. The first-order valence-electron chi connectivity index (χ1n) is 8.63. The summed E-state index contributed by atoms with van der Waals surface area (Å²) in [5.41, 5.74) is 1.20. The Morgan fingerprint density at radius 3 is 2.68 bits per heavy atom. The molecule has 1 fully saturated rings. The largest absolute Gasteiger partial charge is 0.379 e. The number of ether oxygens (including phenoxy) is 1. The average Bonchev–Trinajstić information content (AvgIpc) is 2.64. The Hall–Kier alpha value is -1.70. The van der Waals surface area contributed by atoms with Crippen molar-refractivity contribution in [3.05, 3.63) is 35.9 Å². The third kappa shape index (κ3) is 4.11. The molecule has 1 aromatic carbocycles. The molecule has 136 valence electrons. The fraction of sp³-hybridized carbons (Fsp3) is 0.500. The minimum atomic E-state index is -3.59. The highest BCUT2D eigenvalue weighted by Gasteiger charge is 2.28. The van der Waals surface area contributed by atoms with Gasteiger partial charge in [0.05, 0.1) is 18.1 Å². The van der Waals surface area contributed by atoms with Crippen molar-refractivity contribution in [3.8, 4) is 0 Å². The number of carbonyl (C=O) groups excluding carboxylic acids is 1. The van der Waals surface area contributed by atoms with Crippen molar-refractivity contribution in [2.75, 3.05) is 31.6 Å². The highest BCUT2D eigenvalue weighted by molar-refractivity contribution is 7.89. The van der Waals surface area contributed by atoms with Crippen molar-refractivity contribution in [2.45, 2.75) is 31.1 Å². The van der Waals surface area contributed by atoms with E-state index in [1.165, 1.54) is 4.31 Å². The monoisotopic (exact) mass is 364 g/mol. The van der Waals surface area contributed by atoms with Crippen LogP contribution in [0.1, 0.15) is 24.8 Å². The summed E-state index contributed by atoms with van der Waals surface area (Å²) in [7, 11) is -3.59. The molecular weight excluding hydrogens is 340 g/mol. The van der Waals surface area contributed by atoms with Crippen LogP contribution in [0, 0.1) is 12.8 Å². The summed E-state index contributed by atoms with van der Waals surface area (Å²) in [5.74, 6) is -0.103. The lowest BCUT2D eigenvalue weighted by atomic mass is 9.93. The molecule has 0 aromatic heterocycles. The van der Waals surface area contributed by atoms with Crippen molar-refractivity contribution >= 4 is 21.6 Å². The molecule has 0 radical (unpaired) electrons. The predicted octanol–water partition coefficient (Wildman–Crippen LogP) is 2.31. The van der Waals surface area contributed by atoms with Gasteiger partial charge in [-0.3, -0.25) is 4.79 Å². The van der Waals surface area contributed by atoms with Crippen LogP contribution < -0.4 is 5.32 Å². The molecule has 1 aliphatic heterocycles. The topological polar surface area (TPSA) is 75.7 Å². The van der Waals surface area contributed by atoms with Crippen LogP contribution in [0.15, 0.2) is 35.2 Å². The van der Waals surface area contributed by atoms with E-state index in [-0.39, 0.29) is 16.7 Å². The normalized spacial score (nSPS) is 21.9. The van der Waals surface area contributed by atoms with E-state index in [4.69, 9.17) is 4.74 Å². The van der Waals surface area contributed by atoms with E-state index >= 15 is 0 Å². The second kappa shape index (κ2) is 7.68. The van der Waals surface area contributed by atoms with Gasteiger partial charge in [-0.1, -0.05) is 18.2 Å². The summed E-state index contributed by atoms with van der Waals surface area (Å²) >= 11 is 0. The van der Waals surface area contributed by atoms with Gasteiger partial charge in [0.25, 0.3) is 0 Å². The van der Waals surface area contributed by atoms with Crippen LogP contribution in [-0.2, 0) is 19.6 Å². The zero-order chi connectivity index (χ0) is 17.9. The van der Waals surface area contributed by atoms with Gasteiger partial charge in [0, 0.05) is 24.7 Å². The molecule has 7 heteroatoms. The summed E-state index contributed by atoms with van der Waals surface area (Å²) in [6.07, 6.45) is 6.58. The van der Waals surface area contributed by atoms with Gasteiger partial charge in [-0.2, -0.15) is 4.31 Å². The Balaban J connectivity index is 1.80. The second-order valence-electron chi connectivity index (χ2n) is 6.47. The van der Waals surface area contributed by atoms with Gasteiger partial charge in [0.15, 0.2) is 0 Å². The van der Waals surface area contributed by atoms with E-state index in [0.29, 0.717) is 37.6 Å². The molecule has 1 unspecified atom stereocenters. The molecule has 2 aliphatic rings. The van der Waals surface area contributed by atoms with Crippen LogP contribution in [0.25, 0.3) is 0 Å². The summed E-state index contributed by atoms with van der Waals surface area (Å²) in [6.45, 7) is 3.29. The Kier molecular flexibility index (Phi) is 5.56. The number of amides is 1. The lowest BCUT2D eigenvalue weighted by Gasteiger charge is -2.27. The number of anilines is 1. The van der Waals surface area contributed by atoms with E-state index < -0.39 is 10.0 Å². The van der Waals surface area contributed by atoms with Gasteiger partial charge in [-0.05, 0) is 43.9 Å². The number of nitrogens with one attached hydrogen (secondary N) is 1. The lowest BCUT2D eigenvalue weighted by molar-refractivity contribution is -0.120. The van der Waals surface area contributed by atoms with Crippen molar-refractivity contribution in [1.29, 1.82) is 0 Å². The van der Waals surface area contributed by atoms with Crippen LogP contribution in [0.3, 0.4) is 0 Å². The SMILES string of the molecule is Cc1ccc(NC(=O)C2CC=CCC2)cc1S(=O)(=O)N1CCOCC1. The zero-order valence-electron chi connectivity index (χ0n) is 14.4. The minimum Gasteiger partial charge on any atom is -0.379 e. The van der Waals surface area contributed by atoms with Crippen LogP contribution >= 0.6 is 0 Å². The van der Waals surface area contributed by atoms with Gasteiger partial charge in [-0.25, -0.2) is 8.42 Å². The number of morpholine rings is 1. The summed E-state index contributed by atoms with van der Waals surface area (Å²) < 4.78 is 32.5. The molecule has 1 aliphatic carbocycles. The number of carbonyl (C=O) groups is 1. The number of allylic oxidation sites excluding steroid dienone is 2. The molecule has 1 saturated heterocycles. The molecule has 6 nitrogen and oxygen atoms in total. The summed E-state index contributed by atoms with van der Waals surface area (Å²) in [5, 5.41) is 2.87. The molecule has 25 heavy (non-hydrogen) atoms. The number of sulfonamides is 1. The molecule has 3 rings (SSSR count). The molecule has 0 spiro atoms. The van der Waals surface area contributed by atoms with Crippen molar-refractivity contribution in [1.82, 2.24) is 4.31 Å². The first kappa shape index (κ1) is 18.1. The first-order chi connectivity index (χ1) is 12.0. The standard InChI is InChI=1S/C18H24N2O4S/c1-14-7-8-16(19-18(21)15-5-3-2-4-6-15)13-17(14)25(22,23)20-9-11-24-12-10-20/h2-3,7-8,13,15H,4-6,9-12H2,1H3,(H,19,21). The highest BCUT2D eigenvalue weighted by Crippen LogP contribution is 2.26. The summed E-state index contributed by atoms with van der Waals surface area (Å²) in [4.78, 5) is 12.6. The first-order valence-corrected chi connectivity index (χ1v) is 10.1. The number of nitrogens with zero attached hydrogens (tertiary/aromatic N) is 1. The van der Waals surface area contributed by atoms with Gasteiger partial charge in [0.2, 0.25) is 15.9 Å². The number of aryl methyl sites for hydroxylation is 1. The lowest BCUT2D eigenvalue weighted by Crippen LogP contribution is -2.40. The Labute approximate surface area is 148 Å². The van der Waals surface area contributed by atoms with E-state index in [2.05, 4.69) is 11.4 Å². The molecule has 1 heterocycles. The van der Waals surface area contributed by atoms with Gasteiger partial charge < -0.3 is 10.1 Å². The van der Waals surface area contributed by atoms with Crippen molar-refractivity contribution < 1.29 is 17.9 Å². The number of rotatable bonds is 4. The van der Waals surface area contributed by atoms with Crippen LogP contribution in [0.2, 0.25) is 0 Å². The maximum absolute atomic E-state index is 12.9. The highest BCUT2D eigenvalue weighted by atomic mass is 32.2. The molecule has 1 amide bonds. The van der Waals surface area contributed by atoms with Crippen molar-refractivity contribution in [2.24, 2.45) is 5.92 Å². The molecule has 1 N–H and O–H groups in total. The quantitative estimate of drug-likeness (QED) is 0.832. The molecular formula is C18H24N2O4S. The predicted molar refractivity (Wildman–Crippen MR) is 95.9 cm³/mol. The molecule has 1 atom stereocenters. The fourth-order valence-corrected chi connectivity index (χ4v) is 4.82. The van der Waals surface area contributed by atoms with E-state index in [0.717, 1.165) is 19.3 Å². The van der Waals surface area contributed by atoms with Gasteiger partial charge >= 0.3 is 0 Å². The van der Waals surface area contributed by atoms with Gasteiger partial charge in [0.1, 0.15) is 0 Å². The number of hydrogen-bond donors (Lipinski definition) is 1. The fourth-order valence-electron chi connectivity index (χ4n) is 3.16. The van der Waals surface area contributed by atoms with Crippen molar-refractivity contribution in [3.63, 3.8) is 0 Å². The van der Waals surface area contributed by atoms with E-state index in [1.807, 2.05) is 6.08 Å². The summed E-state index contributed by atoms with van der Waals surface area (Å²) in [6, 6.07) is 5.06. The average molecular weight is 364 g/mol. The van der Waals surface area contributed by atoms with Gasteiger partial charge in [-0.15, -0.1) is 0 Å². The Morgan fingerprint density at radius 2 is 2.00 bits per heavy atom. The maximum Gasteiger partial charge on any atom is 0.243 e. The molecule has 0 saturated carbocycles. The maximum atomic E-state index is 12.9. The zero-order valence-corrected chi connectivity index (χ0v) is 15.2. The third-order valence-corrected chi connectivity index (χ3v) is 6.72. The van der Waals surface area contributed by atoms with E-state index in [9.17, 15) is 13.2 Å². The van der Waals surface area contributed by atoms with Crippen LogP contribution in [0.5, 0.6) is 0 Å². The van der Waals surface area contributed by atoms with Crippen LogP contribution in [-0.4, -0.2) is 44.9 Å². The Morgan fingerprint density at radius 1 is 1.24 bits per heavy atom. The molecule has 1 aromatic rings. The number of hydrogen-bond acceptors (Lipinski definition) is 4. The van der Waals surface area contributed by atoms with Crippen LogP contribution in [0.4, 0.5) is 5.69 Å². The molecule has 0 bridgehead atoms.